The number of hydrogen-bond donors (Lipinski definition) is 0. The molecule has 0 N–H and O–H groups in total. The van der Waals surface area contributed by atoms with E-state index < -0.39 is 0 Å². The maximum Gasteiger partial charge on any atom is 0.282 e. The number of benzene rings is 3. The number of nitrogens with zero attached hydrogens (tertiary/aromatic N) is 3. The number of hydrogen-bond acceptors (Lipinski definition) is 5. The zero-order valence-corrected chi connectivity index (χ0v) is 21.3. The molecule has 1 heterocycles. The maximum atomic E-state index is 13.4. The van der Waals surface area contributed by atoms with Gasteiger partial charge in [-0.05, 0) is 54.9 Å². The molecule has 0 saturated heterocycles. The summed E-state index contributed by atoms with van der Waals surface area (Å²) < 4.78 is 13.5. The van der Waals surface area contributed by atoms with E-state index in [0.717, 1.165) is 5.56 Å². The van der Waals surface area contributed by atoms with Crippen LogP contribution in [0.1, 0.15) is 26.3 Å². The van der Waals surface area contributed by atoms with Crippen LogP contribution < -0.4 is 15.0 Å². The molecule has 0 saturated carbocycles. The normalized spacial score (nSPS) is 11.5. The first-order valence-corrected chi connectivity index (χ1v) is 12.0. The molecule has 0 radical (unpaired) electrons. The van der Waals surface area contributed by atoms with Crippen molar-refractivity contribution < 1.29 is 9.47 Å². The number of rotatable bonds is 7. The van der Waals surface area contributed by atoms with E-state index in [9.17, 15) is 4.79 Å². The van der Waals surface area contributed by atoms with Gasteiger partial charge in [0.2, 0.25) is 0 Å². The minimum Gasteiger partial charge on any atom is -0.490 e. The maximum absolute atomic E-state index is 13.4. The molecular weight excluding hydrogens is 518 g/mol. The molecule has 0 aliphatic rings. The Kier molecular flexibility index (Phi) is 7.34. The Morgan fingerprint density at radius 2 is 1.85 bits per heavy atom. The number of ether oxygens (including phenoxy) is 2. The highest BCUT2D eigenvalue weighted by atomic mass is 79.9. The Morgan fingerprint density at radius 3 is 2.56 bits per heavy atom. The summed E-state index contributed by atoms with van der Waals surface area (Å²) in [6.07, 6.45) is 1.47. The molecule has 0 fully saturated rings. The lowest BCUT2D eigenvalue weighted by Gasteiger charge is -2.18. The molecule has 0 amide bonds. The Morgan fingerprint density at radius 1 is 1.15 bits per heavy atom. The second kappa shape index (κ2) is 10.4. The summed E-state index contributed by atoms with van der Waals surface area (Å²) in [5.74, 6) is 1.39. The van der Waals surface area contributed by atoms with Gasteiger partial charge in [0.25, 0.3) is 5.56 Å². The Hall–Kier alpha value is -3.16. The SMILES string of the molecule is CCOc1cc(C=Nn2c(-c3ccccc3)nc3ccccc3c2=O)c(Br)c(Cl)c1OC(C)C. The molecule has 0 unspecified atom stereocenters. The first kappa shape index (κ1) is 24.0. The van der Waals surface area contributed by atoms with Gasteiger partial charge in [0.05, 0.1) is 29.8 Å². The summed E-state index contributed by atoms with van der Waals surface area (Å²) in [5, 5.41) is 5.38. The van der Waals surface area contributed by atoms with Gasteiger partial charge in [-0.25, -0.2) is 4.98 Å². The van der Waals surface area contributed by atoms with E-state index in [1.807, 2.05) is 63.2 Å². The van der Waals surface area contributed by atoms with Crippen LogP contribution in [0.3, 0.4) is 0 Å². The Bertz CT molecular complexity index is 1420. The topological polar surface area (TPSA) is 65.7 Å². The van der Waals surface area contributed by atoms with Gasteiger partial charge in [-0.15, -0.1) is 0 Å². The van der Waals surface area contributed by atoms with Crippen LogP contribution in [0.2, 0.25) is 5.02 Å². The fourth-order valence-electron chi connectivity index (χ4n) is 3.43. The van der Waals surface area contributed by atoms with Gasteiger partial charge >= 0.3 is 0 Å². The fourth-order valence-corrected chi connectivity index (χ4v) is 4.08. The van der Waals surface area contributed by atoms with Crippen LogP contribution >= 0.6 is 27.5 Å². The number of aromatic nitrogens is 2. The Balaban J connectivity index is 1.89. The first-order valence-electron chi connectivity index (χ1n) is 10.8. The molecule has 1 aromatic heterocycles. The van der Waals surface area contributed by atoms with Crippen LogP contribution in [0.4, 0.5) is 0 Å². The van der Waals surface area contributed by atoms with Gasteiger partial charge in [0.1, 0.15) is 5.02 Å². The third-order valence-corrected chi connectivity index (χ3v) is 6.35. The molecule has 174 valence electrons. The average Bonchev–Trinajstić information content (AvgIpc) is 2.84. The van der Waals surface area contributed by atoms with E-state index in [-0.39, 0.29) is 11.7 Å². The predicted octanol–water partition coefficient (Wildman–Crippen LogP) is 6.55. The van der Waals surface area contributed by atoms with Crippen molar-refractivity contribution in [2.75, 3.05) is 6.61 Å². The average molecular weight is 541 g/mol. The van der Waals surface area contributed by atoms with E-state index in [4.69, 9.17) is 26.1 Å². The van der Waals surface area contributed by atoms with Crippen molar-refractivity contribution in [2.45, 2.75) is 26.9 Å². The van der Waals surface area contributed by atoms with Crippen molar-refractivity contribution in [2.24, 2.45) is 5.10 Å². The van der Waals surface area contributed by atoms with Gasteiger partial charge in [-0.2, -0.15) is 9.78 Å². The lowest BCUT2D eigenvalue weighted by Crippen LogP contribution is -2.20. The van der Waals surface area contributed by atoms with E-state index in [1.165, 1.54) is 4.68 Å². The zero-order valence-electron chi connectivity index (χ0n) is 19.0. The van der Waals surface area contributed by atoms with Gasteiger partial charge in [0, 0.05) is 15.6 Å². The van der Waals surface area contributed by atoms with Crippen molar-refractivity contribution >= 4 is 44.6 Å². The minimum atomic E-state index is -0.271. The van der Waals surface area contributed by atoms with Crippen molar-refractivity contribution in [3.63, 3.8) is 0 Å². The first-order chi connectivity index (χ1) is 16.4. The smallest absolute Gasteiger partial charge is 0.282 e. The van der Waals surface area contributed by atoms with E-state index in [0.29, 0.717) is 49.9 Å². The summed E-state index contributed by atoms with van der Waals surface area (Å²) in [6, 6.07) is 18.5. The van der Waals surface area contributed by atoms with Crippen LogP contribution in [0.5, 0.6) is 11.5 Å². The highest BCUT2D eigenvalue weighted by Crippen LogP contribution is 2.42. The van der Waals surface area contributed by atoms with Crippen LogP contribution in [0.15, 0.2) is 75.0 Å². The highest BCUT2D eigenvalue weighted by Gasteiger charge is 2.19. The molecule has 3 aromatic carbocycles. The van der Waals surface area contributed by atoms with Crippen molar-refractivity contribution in [3.05, 3.63) is 86.1 Å². The summed E-state index contributed by atoms with van der Waals surface area (Å²) >= 11 is 10.1. The zero-order chi connectivity index (χ0) is 24.2. The van der Waals surface area contributed by atoms with Crippen molar-refractivity contribution in [1.29, 1.82) is 0 Å². The third-order valence-electron chi connectivity index (χ3n) is 4.91. The minimum absolute atomic E-state index is 0.0844. The Labute approximate surface area is 210 Å². The van der Waals surface area contributed by atoms with Gasteiger partial charge in [-0.1, -0.05) is 54.1 Å². The molecule has 0 atom stereocenters. The summed E-state index contributed by atoms with van der Waals surface area (Å²) in [4.78, 5) is 18.1. The molecule has 6 nitrogen and oxygen atoms in total. The number of fused-ring (bicyclic) bond motifs is 1. The van der Waals surface area contributed by atoms with Crippen molar-refractivity contribution in [1.82, 2.24) is 9.66 Å². The van der Waals surface area contributed by atoms with Crippen LogP contribution in [-0.2, 0) is 0 Å². The standard InChI is InChI=1S/C26H23BrClN3O3/c1-4-33-21-14-18(22(27)23(28)24(21)34-16(2)3)15-29-31-25(17-10-6-5-7-11-17)30-20-13-9-8-12-19(20)26(31)32/h5-16H,4H2,1-3H3. The lowest BCUT2D eigenvalue weighted by atomic mass is 10.2. The van der Waals surface area contributed by atoms with E-state index in [2.05, 4.69) is 21.0 Å². The second-order valence-corrected chi connectivity index (χ2v) is 8.87. The molecule has 8 heteroatoms. The molecule has 34 heavy (non-hydrogen) atoms. The summed E-state index contributed by atoms with van der Waals surface area (Å²) in [7, 11) is 0. The second-order valence-electron chi connectivity index (χ2n) is 7.70. The van der Waals surface area contributed by atoms with Crippen LogP contribution in [-0.4, -0.2) is 28.6 Å². The van der Waals surface area contributed by atoms with Gasteiger partial charge < -0.3 is 9.47 Å². The predicted molar refractivity (Wildman–Crippen MR) is 141 cm³/mol. The number of para-hydroxylation sites is 1. The largest absolute Gasteiger partial charge is 0.490 e. The monoisotopic (exact) mass is 539 g/mol. The van der Waals surface area contributed by atoms with Crippen LogP contribution in [0, 0.1) is 0 Å². The lowest BCUT2D eigenvalue weighted by molar-refractivity contribution is 0.224. The third kappa shape index (κ3) is 4.86. The summed E-state index contributed by atoms with van der Waals surface area (Å²) in [6.45, 7) is 6.16. The molecule has 0 bridgehead atoms. The molecular formula is C26H23BrClN3O3. The molecule has 0 aliphatic heterocycles. The molecule has 0 spiro atoms. The van der Waals surface area contributed by atoms with Gasteiger partial charge in [-0.3, -0.25) is 4.79 Å². The van der Waals surface area contributed by atoms with E-state index in [1.54, 1.807) is 24.4 Å². The quantitative estimate of drug-likeness (QED) is 0.249. The fraction of sp³-hybridized carbons (Fsp3) is 0.192. The van der Waals surface area contributed by atoms with Crippen molar-refractivity contribution in [3.8, 4) is 22.9 Å². The van der Waals surface area contributed by atoms with E-state index >= 15 is 0 Å². The molecule has 4 rings (SSSR count). The highest BCUT2D eigenvalue weighted by molar-refractivity contribution is 9.10. The molecule has 0 aliphatic carbocycles. The molecule has 4 aromatic rings. The van der Waals surface area contributed by atoms with Gasteiger partial charge in [0.15, 0.2) is 17.3 Å². The number of halogens is 2. The van der Waals surface area contributed by atoms with Crippen LogP contribution in [0.25, 0.3) is 22.3 Å². The summed E-state index contributed by atoms with van der Waals surface area (Å²) in [5.41, 5.74) is 1.74.